The summed E-state index contributed by atoms with van der Waals surface area (Å²) in [6, 6.07) is 7.18. The molecule has 2 aromatic rings. The smallest absolute Gasteiger partial charge is 0.293 e. The summed E-state index contributed by atoms with van der Waals surface area (Å²) in [5, 5.41) is 9.85. The average Bonchev–Trinajstić information content (AvgIpc) is 2.82. The van der Waals surface area contributed by atoms with Gasteiger partial charge in [-0.05, 0) is 70.3 Å². The van der Waals surface area contributed by atoms with Crippen molar-refractivity contribution in [3.63, 3.8) is 0 Å². The van der Waals surface area contributed by atoms with Gasteiger partial charge in [0, 0.05) is 15.1 Å². The minimum absolute atomic E-state index is 0.0298. The summed E-state index contributed by atoms with van der Waals surface area (Å²) in [5.74, 6) is -0.954. The molecule has 1 heterocycles. The first-order valence-corrected chi connectivity index (χ1v) is 10.2. The van der Waals surface area contributed by atoms with Crippen LogP contribution in [0.1, 0.15) is 11.1 Å². The highest BCUT2D eigenvalue weighted by Crippen LogP contribution is 2.37. The van der Waals surface area contributed by atoms with E-state index in [9.17, 15) is 19.1 Å². The molecule has 2 amide bonds. The van der Waals surface area contributed by atoms with Crippen molar-refractivity contribution in [2.24, 2.45) is 0 Å². The van der Waals surface area contributed by atoms with E-state index in [0.717, 1.165) is 27.2 Å². The topological polar surface area (TPSA) is 57.6 Å². The number of rotatable bonds is 3. The molecule has 26 heavy (non-hydrogen) atoms. The summed E-state index contributed by atoms with van der Waals surface area (Å²) in [6.07, 6.45) is 1.47. The van der Waals surface area contributed by atoms with E-state index < -0.39 is 17.0 Å². The van der Waals surface area contributed by atoms with Crippen LogP contribution in [0.15, 0.2) is 39.7 Å². The van der Waals surface area contributed by atoms with E-state index in [1.54, 1.807) is 12.1 Å². The van der Waals surface area contributed by atoms with Gasteiger partial charge in [0.25, 0.3) is 11.1 Å². The minimum Gasteiger partial charge on any atom is -0.506 e. The van der Waals surface area contributed by atoms with Crippen LogP contribution in [0.5, 0.6) is 5.75 Å². The van der Waals surface area contributed by atoms with Gasteiger partial charge in [-0.2, -0.15) is 0 Å². The molecule has 1 aliphatic heterocycles. The van der Waals surface area contributed by atoms with Gasteiger partial charge in [0.15, 0.2) is 0 Å². The van der Waals surface area contributed by atoms with Crippen LogP contribution in [0.4, 0.5) is 9.18 Å². The molecule has 0 aliphatic carbocycles. The van der Waals surface area contributed by atoms with E-state index in [0.29, 0.717) is 14.7 Å². The predicted molar refractivity (Wildman–Crippen MR) is 111 cm³/mol. The van der Waals surface area contributed by atoms with Gasteiger partial charge in [-0.15, -0.1) is 0 Å². The van der Waals surface area contributed by atoms with Gasteiger partial charge in [-0.1, -0.05) is 33.6 Å². The number of aromatic hydroxyl groups is 1. The maximum Gasteiger partial charge on any atom is 0.293 e. The number of thioether (sulfide) groups is 1. The summed E-state index contributed by atoms with van der Waals surface area (Å²) < 4.78 is 14.5. The largest absolute Gasteiger partial charge is 0.506 e. The molecule has 0 aromatic heterocycles. The predicted octanol–water partition coefficient (Wildman–Crippen LogP) is 5.79. The molecule has 0 bridgehead atoms. The molecule has 0 unspecified atom stereocenters. The normalized spacial score (nSPS) is 16.0. The molecule has 0 radical (unpaired) electrons. The van der Waals surface area contributed by atoms with Gasteiger partial charge in [0.1, 0.15) is 11.6 Å². The molecule has 1 aliphatic rings. The molecule has 3 rings (SSSR count). The quantitative estimate of drug-likeness (QED) is 0.377. The van der Waals surface area contributed by atoms with Gasteiger partial charge >= 0.3 is 0 Å². The Bertz CT molecular complexity index is 969. The fraction of sp³-hybridized carbons (Fsp3) is 0.0588. The Balaban J connectivity index is 1.89. The highest BCUT2D eigenvalue weighted by Gasteiger charge is 2.35. The van der Waals surface area contributed by atoms with Crippen LogP contribution in [0.25, 0.3) is 6.08 Å². The number of carbonyl (C=O) groups is 2. The van der Waals surface area contributed by atoms with E-state index >= 15 is 0 Å². The molecule has 0 atom stereocenters. The average molecular weight is 569 g/mol. The number of phenolic OH excluding ortho intramolecular Hbond substituents is 1. The number of halogens is 4. The highest BCUT2D eigenvalue weighted by molar-refractivity contribution is 14.1. The van der Waals surface area contributed by atoms with Crippen LogP contribution in [0.2, 0.25) is 5.02 Å². The molecule has 1 N–H and O–H groups in total. The Kier molecular flexibility index (Phi) is 5.95. The monoisotopic (exact) mass is 567 g/mol. The molecule has 1 fully saturated rings. The van der Waals surface area contributed by atoms with Crippen LogP contribution in [0.3, 0.4) is 0 Å². The second-order valence-electron chi connectivity index (χ2n) is 5.33. The van der Waals surface area contributed by atoms with Crippen LogP contribution in [-0.2, 0) is 11.3 Å². The first-order valence-electron chi connectivity index (χ1n) is 7.13. The zero-order valence-electron chi connectivity index (χ0n) is 12.8. The highest BCUT2D eigenvalue weighted by atomic mass is 127. The van der Waals surface area contributed by atoms with Gasteiger partial charge in [-0.3, -0.25) is 14.5 Å². The van der Waals surface area contributed by atoms with Gasteiger partial charge in [0.2, 0.25) is 0 Å². The minimum atomic E-state index is -0.493. The van der Waals surface area contributed by atoms with E-state index in [1.807, 2.05) is 22.6 Å². The van der Waals surface area contributed by atoms with Crippen molar-refractivity contribution < 1.29 is 19.1 Å². The number of nitrogens with zero attached hydrogens (tertiary/aromatic N) is 1. The lowest BCUT2D eigenvalue weighted by Crippen LogP contribution is -2.27. The van der Waals surface area contributed by atoms with Crippen molar-refractivity contribution in [2.45, 2.75) is 6.54 Å². The van der Waals surface area contributed by atoms with Crippen molar-refractivity contribution in [1.29, 1.82) is 0 Å². The second-order valence-corrected chi connectivity index (χ2v) is 8.81. The molecule has 2 aromatic carbocycles. The number of phenols is 1. The third kappa shape index (κ3) is 4.08. The van der Waals surface area contributed by atoms with E-state index in [1.165, 1.54) is 18.2 Å². The Morgan fingerprint density at radius 1 is 1.31 bits per heavy atom. The van der Waals surface area contributed by atoms with E-state index in [2.05, 4.69) is 15.9 Å². The number of amides is 2. The van der Waals surface area contributed by atoms with Crippen molar-refractivity contribution >= 4 is 79.1 Å². The Morgan fingerprint density at radius 3 is 2.73 bits per heavy atom. The lowest BCUT2D eigenvalue weighted by atomic mass is 10.1. The fourth-order valence-corrected chi connectivity index (χ4v) is 4.90. The Morgan fingerprint density at radius 2 is 2.04 bits per heavy atom. The van der Waals surface area contributed by atoms with Crippen LogP contribution in [-0.4, -0.2) is 21.2 Å². The fourth-order valence-electron chi connectivity index (χ4n) is 2.29. The number of hydrogen-bond acceptors (Lipinski definition) is 4. The molecule has 134 valence electrons. The first kappa shape index (κ1) is 19.7. The van der Waals surface area contributed by atoms with Crippen molar-refractivity contribution in [2.75, 3.05) is 0 Å². The summed E-state index contributed by atoms with van der Waals surface area (Å²) >= 11 is 12.1. The standard InChI is InChI=1S/C17H9BrClFINO3S/c18-10-3-9(15(23)13(21)5-10)4-14-16(24)22(17(25)26-14)7-8-1-2-11(20)6-12(8)19/h1-6,23H,7H2/b14-4-. The van der Waals surface area contributed by atoms with E-state index in [-0.39, 0.29) is 22.2 Å². The Labute approximate surface area is 179 Å². The van der Waals surface area contributed by atoms with Crippen LogP contribution >= 0.6 is 61.9 Å². The van der Waals surface area contributed by atoms with Crippen molar-refractivity contribution in [3.05, 3.63) is 65.2 Å². The zero-order chi connectivity index (χ0) is 19.0. The number of benzene rings is 2. The number of hydrogen-bond donors (Lipinski definition) is 1. The lowest BCUT2D eigenvalue weighted by Gasteiger charge is -2.13. The van der Waals surface area contributed by atoms with E-state index in [4.69, 9.17) is 11.6 Å². The van der Waals surface area contributed by atoms with Gasteiger partial charge < -0.3 is 5.11 Å². The molecule has 9 heteroatoms. The maximum absolute atomic E-state index is 13.1. The van der Waals surface area contributed by atoms with Gasteiger partial charge in [-0.25, -0.2) is 4.39 Å². The maximum atomic E-state index is 13.1. The zero-order valence-corrected chi connectivity index (χ0v) is 18.1. The summed E-state index contributed by atoms with van der Waals surface area (Å²) in [6.45, 7) is -0.0525. The number of carbonyl (C=O) groups excluding carboxylic acids is 2. The SMILES string of the molecule is O=C1S/C(=C\c2cc(Br)cc(I)c2O)C(=O)N1Cc1ccc(F)cc1Cl. The van der Waals surface area contributed by atoms with Crippen molar-refractivity contribution in [1.82, 2.24) is 4.90 Å². The molecular weight excluding hydrogens is 560 g/mol. The third-order valence-corrected chi connectivity index (χ3v) is 6.10. The molecule has 1 saturated heterocycles. The molecule has 4 nitrogen and oxygen atoms in total. The summed E-state index contributed by atoms with van der Waals surface area (Å²) in [4.78, 5) is 26.0. The van der Waals surface area contributed by atoms with Crippen LogP contribution < -0.4 is 0 Å². The Hall–Kier alpha value is -1.10. The molecule has 0 spiro atoms. The van der Waals surface area contributed by atoms with Crippen molar-refractivity contribution in [3.8, 4) is 5.75 Å². The summed E-state index contributed by atoms with van der Waals surface area (Å²) in [5.41, 5.74) is 0.894. The molecule has 0 saturated carbocycles. The van der Waals surface area contributed by atoms with Gasteiger partial charge in [0.05, 0.1) is 15.0 Å². The first-order chi connectivity index (χ1) is 12.3. The van der Waals surface area contributed by atoms with Crippen LogP contribution in [0, 0.1) is 9.39 Å². The third-order valence-electron chi connectivity index (χ3n) is 3.56. The lowest BCUT2D eigenvalue weighted by molar-refractivity contribution is -0.123. The molecular formula is C17H9BrClFINO3S. The number of imide groups is 1. The summed E-state index contributed by atoms with van der Waals surface area (Å²) in [7, 11) is 0. The second kappa shape index (κ2) is 7.87.